The second-order valence-corrected chi connectivity index (χ2v) is 5.65. The maximum Gasteiger partial charge on any atom is 0.279 e. The number of aryl methyl sites for hydroxylation is 2. The molecule has 2 aromatic rings. The van der Waals surface area contributed by atoms with Crippen LogP contribution in [-0.2, 0) is 18.4 Å². The third-order valence-corrected chi connectivity index (χ3v) is 3.65. The van der Waals surface area contributed by atoms with Crippen LogP contribution >= 0.6 is 0 Å². The highest BCUT2D eigenvalue weighted by Crippen LogP contribution is 2.17. The first kappa shape index (κ1) is 16.2. The van der Waals surface area contributed by atoms with E-state index in [9.17, 15) is 9.18 Å². The summed E-state index contributed by atoms with van der Waals surface area (Å²) in [6.45, 7) is 4.80. The smallest absolute Gasteiger partial charge is 0.279 e. The lowest BCUT2D eigenvalue weighted by Crippen LogP contribution is -3.08. The van der Waals surface area contributed by atoms with Crippen molar-refractivity contribution >= 4 is 11.6 Å². The predicted octanol–water partition coefficient (Wildman–Crippen LogP) is 0.829. The predicted molar refractivity (Wildman–Crippen MR) is 83.2 cm³/mol. The molecule has 0 saturated carbocycles. The Morgan fingerprint density at radius 1 is 1.32 bits per heavy atom. The molecule has 0 aliphatic rings. The molecule has 0 bridgehead atoms. The van der Waals surface area contributed by atoms with E-state index < -0.39 is 0 Å². The number of amides is 1. The molecule has 1 amide bonds. The summed E-state index contributed by atoms with van der Waals surface area (Å²) in [5.41, 5.74) is 3.52. The highest BCUT2D eigenvalue weighted by molar-refractivity contribution is 5.92. The molecule has 2 N–H and O–H groups in total. The summed E-state index contributed by atoms with van der Waals surface area (Å²) in [5, 5.41) is 7.20. The average molecular weight is 305 g/mol. The number of halogens is 1. The first-order valence-electron chi connectivity index (χ1n) is 7.22. The summed E-state index contributed by atoms with van der Waals surface area (Å²) >= 11 is 0. The number of carbonyl (C=O) groups excluding carboxylic acids is 1. The Hall–Kier alpha value is -2.21. The van der Waals surface area contributed by atoms with Crippen molar-refractivity contribution in [2.75, 3.05) is 18.9 Å². The fraction of sp³-hybridized carbons (Fsp3) is 0.375. The van der Waals surface area contributed by atoms with Crippen LogP contribution < -0.4 is 10.2 Å². The molecule has 6 heteroatoms. The van der Waals surface area contributed by atoms with Crippen LogP contribution in [0.3, 0.4) is 0 Å². The molecule has 1 atom stereocenters. The third kappa shape index (κ3) is 3.92. The zero-order chi connectivity index (χ0) is 16.3. The Morgan fingerprint density at radius 3 is 2.50 bits per heavy atom. The Labute approximate surface area is 129 Å². The fourth-order valence-electron chi connectivity index (χ4n) is 2.43. The van der Waals surface area contributed by atoms with Gasteiger partial charge in [0.15, 0.2) is 6.54 Å². The quantitative estimate of drug-likeness (QED) is 0.860. The van der Waals surface area contributed by atoms with E-state index in [1.165, 1.54) is 12.1 Å². The van der Waals surface area contributed by atoms with Crippen LogP contribution in [-0.4, -0.2) is 29.3 Å². The maximum absolute atomic E-state index is 12.9. The largest absolute Gasteiger partial charge is 0.326 e. The summed E-state index contributed by atoms with van der Waals surface area (Å²) in [7, 11) is 3.79. The number of likely N-dealkylation sites (N-methyl/N-ethyl adjacent to an activating group) is 1. The van der Waals surface area contributed by atoms with Crippen molar-refractivity contribution in [2.24, 2.45) is 7.05 Å². The van der Waals surface area contributed by atoms with Gasteiger partial charge in [0.05, 0.1) is 24.1 Å². The van der Waals surface area contributed by atoms with Crippen LogP contribution in [0.5, 0.6) is 0 Å². The molecule has 1 heterocycles. The molecule has 0 aliphatic heterocycles. The van der Waals surface area contributed by atoms with Gasteiger partial charge in [-0.1, -0.05) is 12.1 Å². The van der Waals surface area contributed by atoms with E-state index in [0.29, 0.717) is 13.1 Å². The molecule has 0 aliphatic carbocycles. The lowest BCUT2D eigenvalue weighted by atomic mass is 10.2. The third-order valence-electron chi connectivity index (χ3n) is 3.65. The number of nitrogens with zero attached hydrogens (tertiary/aromatic N) is 2. The molecule has 0 radical (unpaired) electrons. The number of carbonyl (C=O) groups is 1. The minimum atomic E-state index is -0.248. The van der Waals surface area contributed by atoms with Gasteiger partial charge in [0.2, 0.25) is 0 Å². The summed E-state index contributed by atoms with van der Waals surface area (Å²) in [4.78, 5) is 13.2. The lowest BCUT2D eigenvalue weighted by molar-refractivity contribution is -0.885. The Kier molecular flexibility index (Phi) is 4.92. The summed E-state index contributed by atoms with van der Waals surface area (Å²) in [6.07, 6.45) is 0. The Bertz CT molecular complexity index is 664. The zero-order valence-corrected chi connectivity index (χ0v) is 13.4. The summed E-state index contributed by atoms with van der Waals surface area (Å²) in [6, 6.07) is 6.36. The van der Waals surface area contributed by atoms with Gasteiger partial charge < -0.3 is 10.2 Å². The van der Waals surface area contributed by atoms with Gasteiger partial charge in [-0.25, -0.2) is 4.39 Å². The molecular formula is C16H22FN4O+. The molecule has 1 unspecified atom stereocenters. The number of hydrogen-bond acceptors (Lipinski definition) is 2. The Balaban J connectivity index is 1.92. The van der Waals surface area contributed by atoms with Crippen LogP contribution in [0.15, 0.2) is 24.3 Å². The average Bonchev–Trinajstić information content (AvgIpc) is 2.68. The molecule has 0 saturated heterocycles. The van der Waals surface area contributed by atoms with E-state index >= 15 is 0 Å². The van der Waals surface area contributed by atoms with E-state index in [1.807, 2.05) is 27.9 Å². The molecule has 22 heavy (non-hydrogen) atoms. The van der Waals surface area contributed by atoms with Gasteiger partial charge in [-0.3, -0.25) is 9.48 Å². The highest BCUT2D eigenvalue weighted by atomic mass is 19.1. The van der Waals surface area contributed by atoms with Crippen molar-refractivity contribution in [1.82, 2.24) is 9.78 Å². The summed E-state index contributed by atoms with van der Waals surface area (Å²) < 4.78 is 14.6. The Morgan fingerprint density at radius 2 is 1.95 bits per heavy atom. The van der Waals surface area contributed by atoms with Crippen molar-refractivity contribution in [1.29, 1.82) is 0 Å². The highest BCUT2D eigenvalue weighted by Gasteiger charge is 2.15. The molecule has 1 aromatic carbocycles. The van der Waals surface area contributed by atoms with Crippen molar-refractivity contribution in [3.05, 3.63) is 47.0 Å². The van der Waals surface area contributed by atoms with Crippen LogP contribution in [0.4, 0.5) is 10.1 Å². The van der Waals surface area contributed by atoms with Crippen molar-refractivity contribution in [3.63, 3.8) is 0 Å². The van der Waals surface area contributed by atoms with Gasteiger partial charge in [-0.05, 0) is 26.0 Å². The van der Waals surface area contributed by atoms with Crippen LogP contribution in [0, 0.1) is 19.7 Å². The number of hydrogen-bond donors (Lipinski definition) is 2. The normalized spacial score (nSPS) is 12.2. The second kappa shape index (κ2) is 6.70. The van der Waals surface area contributed by atoms with Gasteiger partial charge in [0.1, 0.15) is 12.4 Å². The molecule has 1 aromatic heterocycles. The molecule has 5 nitrogen and oxygen atoms in total. The van der Waals surface area contributed by atoms with E-state index in [1.54, 1.807) is 16.8 Å². The van der Waals surface area contributed by atoms with Crippen molar-refractivity contribution in [2.45, 2.75) is 20.4 Å². The molecule has 0 fully saturated rings. The van der Waals surface area contributed by atoms with Gasteiger partial charge in [0.25, 0.3) is 5.91 Å². The number of quaternary nitrogens is 1. The molecule has 118 valence electrons. The van der Waals surface area contributed by atoms with E-state index in [0.717, 1.165) is 27.5 Å². The number of benzene rings is 1. The van der Waals surface area contributed by atoms with Crippen LogP contribution in [0.25, 0.3) is 0 Å². The van der Waals surface area contributed by atoms with E-state index in [-0.39, 0.29) is 11.7 Å². The fourth-order valence-corrected chi connectivity index (χ4v) is 2.43. The minimum Gasteiger partial charge on any atom is -0.326 e. The number of anilines is 1. The molecule has 2 rings (SSSR count). The standard InChI is InChI=1S/C16H21FN4O/c1-11-16(12(2)21(4)19-11)18-15(22)10-20(3)9-13-5-7-14(17)8-6-13/h5-8H,9-10H2,1-4H3,(H,18,22)/p+1. The zero-order valence-electron chi connectivity index (χ0n) is 13.4. The molecule has 0 spiro atoms. The van der Waals surface area contributed by atoms with Gasteiger partial charge in [-0.15, -0.1) is 0 Å². The first-order chi connectivity index (χ1) is 10.4. The van der Waals surface area contributed by atoms with Gasteiger partial charge in [0, 0.05) is 12.6 Å². The second-order valence-electron chi connectivity index (χ2n) is 5.65. The first-order valence-corrected chi connectivity index (χ1v) is 7.22. The topological polar surface area (TPSA) is 51.4 Å². The van der Waals surface area contributed by atoms with E-state index in [2.05, 4.69) is 10.4 Å². The van der Waals surface area contributed by atoms with E-state index in [4.69, 9.17) is 0 Å². The van der Waals surface area contributed by atoms with Gasteiger partial charge >= 0.3 is 0 Å². The van der Waals surface area contributed by atoms with Gasteiger partial charge in [-0.2, -0.15) is 5.10 Å². The SMILES string of the molecule is Cc1nn(C)c(C)c1NC(=O)C[NH+](C)Cc1ccc(F)cc1. The van der Waals surface area contributed by atoms with Crippen LogP contribution in [0.2, 0.25) is 0 Å². The number of nitrogens with one attached hydrogen (secondary N) is 2. The van der Waals surface area contributed by atoms with Crippen molar-refractivity contribution < 1.29 is 14.1 Å². The van der Waals surface area contributed by atoms with Crippen LogP contribution in [0.1, 0.15) is 17.0 Å². The number of aromatic nitrogens is 2. The van der Waals surface area contributed by atoms with Crippen molar-refractivity contribution in [3.8, 4) is 0 Å². The number of rotatable bonds is 5. The monoisotopic (exact) mass is 305 g/mol. The molecular weight excluding hydrogens is 283 g/mol. The minimum absolute atomic E-state index is 0.0567. The summed E-state index contributed by atoms with van der Waals surface area (Å²) in [5.74, 6) is -0.305. The maximum atomic E-state index is 12.9. The lowest BCUT2D eigenvalue weighted by Gasteiger charge is -2.14.